The lowest BCUT2D eigenvalue weighted by atomic mass is 10.1. The molecule has 0 aliphatic carbocycles. The molecule has 0 amide bonds. The third-order valence-corrected chi connectivity index (χ3v) is 3.38. The number of esters is 1. The summed E-state index contributed by atoms with van der Waals surface area (Å²) in [5.41, 5.74) is 1.20. The minimum Gasteiger partial charge on any atom is -0.458 e. The molecule has 1 aromatic carbocycles. The highest BCUT2D eigenvalue weighted by atomic mass is 35.5. The lowest BCUT2D eigenvalue weighted by Crippen LogP contribution is -2.12. The van der Waals surface area contributed by atoms with E-state index in [2.05, 4.69) is 4.98 Å². The number of carbonyl (C=O) groups excluding carboxylic acids is 1. The topological polar surface area (TPSA) is 39.2 Å². The summed E-state index contributed by atoms with van der Waals surface area (Å²) < 4.78 is 5.50. The second kappa shape index (κ2) is 5.50. The molecular weight excluding hydrogens is 270 g/mol. The summed E-state index contributed by atoms with van der Waals surface area (Å²) in [4.78, 5) is 16.7. The van der Waals surface area contributed by atoms with Crippen LogP contribution in [0.25, 0.3) is 10.4 Å². The van der Waals surface area contributed by atoms with E-state index in [9.17, 15) is 4.79 Å². The van der Waals surface area contributed by atoms with Crippen molar-refractivity contribution in [1.29, 1.82) is 0 Å². The molecule has 0 saturated carbocycles. The maximum atomic E-state index is 11.9. The highest BCUT2D eigenvalue weighted by Crippen LogP contribution is 2.33. The van der Waals surface area contributed by atoms with Gasteiger partial charge in [0, 0.05) is 0 Å². The first-order valence-corrected chi connectivity index (χ1v) is 6.70. The first-order valence-electron chi connectivity index (χ1n) is 5.50. The van der Waals surface area contributed by atoms with E-state index in [0.717, 1.165) is 10.4 Å². The van der Waals surface area contributed by atoms with Gasteiger partial charge in [-0.05, 0) is 19.4 Å². The van der Waals surface area contributed by atoms with Crippen LogP contribution in [0, 0.1) is 0 Å². The summed E-state index contributed by atoms with van der Waals surface area (Å²) in [7, 11) is 0. The molecule has 1 aromatic heterocycles. The van der Waals surface area contributed by atoms with Crippen LogP contribution in [-0.4, -0.2) is 17.1 Å². The number of hydrogen-bond acceptors (Lipinski definition) is 4. The number of hydrogen-bond donors (Lipinski definition) is 0. The Bertz CT molecular complexity index is 551. The van der Waals surface area contributed by atoms with E-state index in [1.54, 1.807) is 13.8 Å². The number of benzene rings is 1. The second-order valence-corrected chi connectivity index (χ2v) is 5.55. The molecule has 2 aromatic rings. The summed E-state index contributed by atoms with van der Waals surface area (Å²) in [5.74, 6) is -0.438. The van der Waals surface area contributed by atoms with Crippen molar-refractivity contribution in [1.82, 2.24) is 4.98 Å². The van der Waals surface area contributed by atoms with Crippen molar-refractivity contribution in [3.8, 4) is 10.4 Å². The molecule has 0 aliphatic heterocycles. The zero-order chi connectivity index (χ0) is 13.1. The number of ether oxygens (including phenoxy) is 1. The normalized spacial score (nSPS) is 10.7. The summed E-state index contributed by atoms with van der Waals surface area (Å²) in [6.45, 7) is 3.60. The maximum Gasteiger partial charge on any atom is 0.358 e. The second-order valence-electron chi connectivity index (χ2n) is 3.96. The maximum absolute atomic E-state index is 11.9. The van der Waals surface area contributed by atoms with Gasteiger partial charge in [-0.15, -0.1) is 11.3 Å². The zero-order valence-electron chi connectivity index (χ0n) is 10.0. The van der Waals surface area contributed by atoms with Gasteiger partial charge < -0.3 is 4.74 Å². The van der Waals surface area contributed by atoms with Crippen molar-refractivity contribution in [3.05, 3.63) is 40.5 Å². The van der Waals surface area contributed by atoms with Gasteiger partial charge in [-0.3, -0.25) is 0 Å². The molecule has 2 rings (SSSR count). The predicted octanol–water partition coefficient (Wildman–Crippen LogP) is 4.03. The van der Waals surface area contributed by atoms with E-state index >= 15 is 0 Å². The summed E-state index contributed by atoms with van der Waals surface area (Å²) >= 11 is 7.17. The van der Waals surface area contributed by atoms with Crippen LogP contribution in [0.5, 0.6) is 0 Å². The molecular formula is C13H12ClNO2S. The van der Waals surface area contributed by atoms with Crippen LogP contribution in [0.3, 0.4) is 0 Å². The summed E-state index contributed by atoms with van der Waals surface area (Å²) in [6, 6.07) is 9.55. The van der Waals surface area contributed by atoms with Gasteiger partial charge in [0.1, 0.15) is 0 Å². The largest absolute Gasteiger partial charge is 0.458 e. The third-order valence-electron chi connectivity index (χ3n) is 2.17. The quantitative estimate of drug-likeness (QED) is 0.798. The number of halogens is 1. The molecule has 5 heteroatoms. The van der Waals surface area contributed by atoms with E-state index in [1.165, 1.54) is 11.3 Å². The van der Waals surface area contributed by atoms with Gasteiger partial charge in [-0.25, -0.2) is 9.78 Å². The van der Waals surface area contributed by atoms with Crippen LogP contribution in [0.2, 0.25) is 4.47 Å². The van der Waals surface area contributed by atoms with E-state index in [-0.39, 0.29) is 11.8 Å². The van der Waals surface area contributed by atoms with Gasteiger partial charge in [0.25, 0.3) is 0 Å². The van der Waals surface area contributed by atoms with Gasteiger partial charge >= 0.3 is 5.97 Å². The molecule has 3 nitrogen and oxygen atoms in total. The van der Waals surface area contributed by atoms with Crippen molar-refractivity contribution in [2.75, 3.05) is 0 Å². The Morgan fingerprint density at radius 1 is 1.33 bits per heavy atom. The number of carbonyl (C=O) groups is 1. The van der Waals surface area contributed by atoms with Gasteiger partial charge in [0.15, 0.2) is 10.2 Å². The highest BCUT2D eigenvalue weighted by Gasteiger charge is 2.20. The Morgan fingerprint density at radius 2 is 2.00 bits per heavy atom. The Labute approximate surface area is 114 Å². The van der Waals surface area contributed by atoms with Gasteiger partial charge in [-0.1, -0.05) is 41.9 Å². The molecule has 0 unspecified atom stereocenters. The van der Waals surface area contributed by atoms with Crippen LogP contribution >= 0.6 is 22.9 Å². The van der Waals surface area contributed by atoms with Crippen molar-refractivity contribution in [2.45, 2.75) is 20.0 Å². The van der Waals surface area contributed by atoms with Crippen molar-refractivity contribution < 1.29 is 9.53 Å². The van der Waals surface area contributed by atoms with E-state index in [4.69, 9.17) is 16.3 Å². The van der Waals surface area contributed by atoms with Gasteiger partial charge in [0.05, 0.1) is 11.0 Å². The molecule has 0 atom stereocenters. The molecule has 1 heterocycles. The molecule has 18 heavy (non-hydrogen) atoms. The molecule has 94 valence electrons. The minimum atomic E-state index is -0.438. The first-order chi connectivity index (χ1) is 8.58. The number of thiazole rings is 1. The average Bonchev–Trinajstić information content (AvgIpc) is 2.72. The molecule has 0 radical (unpaired) electrons. The molecule has 0 aliphatic rings. The molecule has 0 bridgehead atoms. The fourth-order valence-electron chi connectivity index (χ4n) is 1.49. The van der Waals surface area contributed by atoms with Crippen LogP contribution in [0.4, 0.5) is 0 Å². The van der Waals surface area contributed by atoms with E-state index in [0.29, 0.717) is 4.47 Å². The standard InChI is InChI=1S/C13H12ClNO2S/c1-8(2)17-12(16)10-11(18-13(14)15-10)9-6-4-3-5-7-9/h3-8H,1-2H3. The van der Waals surface area contributed by atoms with Crippen molar-refractivity contribution in [3.63, 3.8) is 0 Å². The monoisotopic (exact) mass is 281 g/mol. The number of nitrogens with zero attached hydrogens (tertiary/aromatic N) is 1. The Morgan fingerprint density at radius 3 is 2.61 bits per heavy atom. The highest BCUT2D eigenvalue weighted by molar-refractivity contribution is 7.19. The van der Waals surface area contributed by atoms with Crippen LogP contribution in [0.15, 0.2) is 30.3 Å². The van der Waals surface area contributed by atoms with Crippen LogP contribution in [-0.2, 0) is 4.74 Å². The minimum absolute atomic E-state index is 0.179. The first kappa shape index (κ1) is 13.1. The Balaban J connectivity index is 2.40. The summed E-state index contributed by atoms with van der Waals surface area (Å²) in [5, 5.41) is 0. The predicted molar refractivity (Wildman–Crippen MR) is 73.1 cm³/mol. The molecule has 0 fully saturated rings. The van der Waals surface area contributed by atoms with Crippen molar-refractivity contribution in [2.24, 2.45) is 0 Å². The average molecular weight is 282 g/mol. The lowest BCUT2D eigenvalue weighted by Gasteiger charge is -2.07. The Hall–Kier alpha value is -1.39. The molecule has 0 spiro atoms. The van der Waals surface area contributed by atoms with Gasteiger partial charge in [-0.2, -0.15) is 0 Å². The fraction of sp³-hybridized carbons (Fsp3) is 0.231. The summed E-state index contributed by atoms with van der Waals surface area (Å²) in [6.07, 6.45) is -0.179. The van der Waals surface area contributed by atoms with E-state index in [1.807, 2.05) is 30.3 Å². The zero-order valence-corrected chi connectivity index (χ0v) is 11.6. The smallest absolute Gasteiger partial charge is 0.358 e. The molecule has 0 N–H and O–H groups in total. The van der Waals surface area contributed by atoms with Crippen LogP contribution in [0.1, 0.15) is 24.3 Å². The van der Waals surface area contributed by atoms with Crippen LogP contribution < -0.4 is 0 Å². The van der Waals surface area contributed by atoms with Gasteiger partial charge in [0.2, 0.25) is 0 Å². The Kier molecular flexibility index (Phi) is 3.99. The SMILES string of the molecule is CC(C)OC(=O)c1nc(Cl)sc1-c1ccccc1. The fourth-order valence-corrected chi connectivity index (χ4v) is 2.59. The van der Waals surface area contributed by atoms with Crippen molar-refractivity contribution >= 4 is 28.9 Å². The number of aromatic nitrogens is 1. The lowest BCUT2D eigenvalue weighted by molar-refractivity contribution is 0.0373. The third kappa shape index (κ3) is 2.89. The van der Waals surface area contributed by atoms with E-state index < -0.39 is 5.97 Å². The number of rotatable bonds is 3. The molecule has 0 saturated heterocycles.